The smallest absolute Gasteiger partial charge is 0.408 e. The van der Waals surface area contributed by atoms with E-state index in [0.717, 1.165) is 24.6 Å². The summed E-state index contributed by atoms with van der Waals surface area (Å²) in [4.78, 5) is 60.5. The number of aromatic nitrogens is 1. The highest BCUT2D eigenvalue weighted by Gasteiger charge is 2.61. The van der Waals surface area contributed by atoms with Crippen molar-refractivity contribution >= 4 is 44.6 Å². The fourth-order valence-corrected chi connectivity index (χ4v) is 7.81. The van der Waals surface area contributed by atoms with Gasteiger partial charge in [0.25, 0.3) is 5.91 Å². The molecule has 3 saturated carbocycles. The third kappa shape index (κ3) is 7.26. The summed E-state index contributed by atoms with van der Waals surface area (Å²) in [5.41, 5.74) is -2.20. The standard InChI is InChI=1S/C34H45N5O9S/c1-19-17-34(19,31(42)38-49(44,45)24-10-11-24)37-28(40)26-16-23(47-29-25-12-9-22(46-5)15-20(25)13-14-35-29)18-39(26)30(41)27(33(2,3)4)36-32(43)48-21-7-6-8-21/h9,12-15,19,21,23-24,26-27H,6-8,10-11,16-18H2,1-5H3,(H,36,43)(H,37,40)(H,38,42)/t19-,23-,26+,27-,34-/m1/s1. The largest absolute Gasteiger partial charge is 0.497 e. The van der Waals surface area contributed by atoms with Crippen molar-refractivity contribution in [2.75, 3.05) is 13.7 Å². The summed E-state index contributed by atoms with van der Waals surface area (Å²) in [6, 6.07) is 5.11. The van der Waals surface area contributed by atoms with Crippen LogP contribution in [0.3, 0.4) is 0 Å². The zero-order valence-corrected chi connectivity index (χ0v) is 29.3. The zero-order valence-electron chi connectivity index (χ0n) is 28.5. The molecule has 0 unspecified atom stereocenters. The molecule has 1 aromatic heterocycles. The van der Waals surface area contributed by atoms with Crippen LogP contribution in [0.5, 0.6) is 11.6 Å². The average molecular weight is 700 g/mol. The number of amides is 4. The number of nitrogens with one attached hydrogen (secondary N) is 3. The Balaban J connectivity index is 1.26. The van der Waals surface area contributed by atoms with Gasteiger partial charge < -0.3 is 29.7 Å². The van der Waals surface area contributed by atoms with Crippen LogP contribution in [-0.4, -0.2) is 90.9 Å². The Morgan fingerprint density at radius 1 is 1.06 bits per heavy atom. The number of fused-ring (bicyclic) bond motifs is 1. The predicted octanol–water partition coefficient (Wildman–Crippen LogP) is 2.79. The lowest BCUT2D eigenvalue weighted by Crippen LogP contribution is -2.60. The Kier molecular flexibility index (Phi) is 9.18. The molecule has 49 heavy (non-hydrogen) atoms. The van der Waals surface area contributed by atoms with Gasteiger partial charge in [-0.05, 0) is 79.5 Å². The number of hydrogen-bond acceptors (Lipinski definition) is 10. The molecule has 1 saturated heterocycles. The molecule has 0 radical (unpaired) electrons. The predicted molar refractivity (Wildman–Crippen MR) is 178 cm³/mol. The van der Waals surface area contributed by atoms with Crippen molar-refractivity contribution in [3.05, 3.63) is 30.5 Å². The molecule has 3 aliphatic carbocycles. The molecule has 266 valence electrons. The van der Waals surface area contributed by atoms with Crippen LogP contribution in [-0.2, 0) is 29.1 Å². The number of hydrogen-bond donors (Lipinski definition) is 3. The van der Waals surface area contributed by atoms with Crippen LogP contribution in [0.15, 0.2) is 30.5 Å². The molecule has 1 aliphatic heterocycles. The number of sulfonamides is 1. The first-order chi connectivity index (χ1) is 23.1. The number of carbonyl (C=O) groups is 4. The van der Waals surface area contributed by atoms with E-state index in [1.54, 1.807) is 47.1 Å². The lowest BCUT2D eigenvalue weighted by molar-refractivity contribution is -0.143. The van der Waals surface area contributed by atoms with Crippen molar-refractivity contribution in [2.24, 2.45) is 11.3 Å². The normalized spacial score (nSPS) is 25.9. The summed E-state index contributed by atoms with van der Waals surface area (Å²) < 4.78 is 44.5. The summed E-state index contributed by atoms with van der Waals surface area (Å²) in [7, 11) is -2.27. The summed E-state index contributed by atoms with van der Waals surface area (Å²) in [5.74, 6) is -1.28. The van der Waals surface area contributed by atoms with Crippen LogP contribution in [0, 0.1) is 11.3 Å². The first kappa shape index (κ1) is 34.7. The molecular weight excluding hydrogens is 654 g/mol. The Bertz CT molecular complexity index is 1750. The van der Waals surface area contributed by atoms with E-state index >= 15 is 0 Å². The number of nitrogens with zero attached hydrogens (tertiary/aromatic N) is 2. The number of ether oxygens (including phenoxy) is 3. The quantitative estimate of drug-likeness (QED) is 0.316. The minimum absolute atomic E-state index is 0.0120. The van der Waals surface area contributed by atoms with E-state index in [2.05, 4.69) is 20.3 Å². The van der Waals surface area contributed by atoms with E-state index in [4.69, 9.17) is 14.2 Å². The lowest BCUT2D eigenvalue weighted by atomic mass is 9.85. The lowest BCUT2D eigenvalue weighted by Gasteiger charge is -2.36. The zero-order chi connectivity index (χ0) is 35.3. The highest BCUT2D eigenvalue weighted by atomic mass is 32.2. The molecule has 5 atom stereocenters. The Hall–Kier alpha value is -4.14. The maximum Gasteiger partial charge on any atom is 0.408 e. The average Bonchev–Trinajstić information content (AvgIpc) is 3.94. The molecule has 0 spiro atoms. The molecule has 15 heteroatoms. The summed E-state index contributed by atoms with van der Waals surface area (Å²) in [6.45, 7) is 7.15. The molecule has 0 bridgehead atoms. The molecule has 1 aromatic carbocycles. The topological polar surface area (TPSA) is 182 Å². The van der Waals surface area contributed by atoms with Gasteiger partial charge in [0.05, 0.1) is 18.9 Å². The van der Waals surface area contributed by atoms with Gasteiger partial charge in [-0.1, -0.05) is 27.7 Å². The minimum atomic E-state index is -3.85. The molecule has 4 fully saturated rings. The number of benzene rings is 1. The van der Waals surface area contributed by atoms with Gasteiger partial charge in [0.1, 0.15) is 35.6 Å². The Morgan fingerprint density at radius 3 is 2.37 bits per heavy atom. The maximum atomic E-state index is 14.4. The van der Waals surface area contributed by atoms with Crippen molar-refractivity contribution < 1.29 is 41.8 Å². The first-order valence-corrected chi connectivity index (χ1v) is 18.4. The summed E-state index contributed by atoms with van der Waals surface area (Å²) in [5, 5.41) is 6.47. The van der Waals surface area contributed by atoms with Crippen molar-refractivity contribution in [2.45, 2.75) is 108 Å². The van der Waals surface area contributed by atoms with Crippen LogP contribution >= 0.6 is 0 Å². The SMILES string of the molecule is COc1ccc2c(O[C@@H]3C[C@@H](C(=O)N[C@]4(C(=O)NS(=O)(=O)C5CC5)C[C@H]4C)N(C(=O)[C@@H](NC(=O)OC4CCC4)C(C)(C)C)C3)nccc2c1. The Morgan fingerprint density at radius 2 is 1.78 bits per heavy atom. The number of methoxy groups -OCH3 is 1. The van der Waals surface area contributed by atoms with Gasteiger partial charge in [-0.3, -0.25) is 19.1 Å². The van der Waals surface area contributed by atoms with E-state index in [9.17, 15) is 27.6 Å². The Labute approximate surface area is 286 Å². The molecule has 3 N–H and O–H groups in total. The van der Waals surface area contributed by atoms with Gasteiger partial charge in [0.2, 0.25) is 27.7 Å². The van der Waals surface area contributed by atoms with E-state index < -0.39 is 68.2 Å². The number of rotatable bonds is 11. The second-order valence-electron chi connectivity index (χ2n) is 14.8. The molecule has 14 nitrogen and oxygen atoms in total. The molecule has 2 aromatic rings. The van der Waals surface area contributed by atoms with Crippen molar-refractivity contribution in [3.8, 4) is 11.6 Å². The van der Waals surface area contributed by atoms with Crippen LogP contribution in [0.1, 0.15) is 72.6 Å². The second kappa shape index (κ2) is 13.0. The van der Waals surface area contributed by atoms with Crippen LogP contribution in [0.2, 0.25) is 0 Å². The van der Waals surface area contributed by atoms with Gasteiger partial charge in [-0.15, -0.1) is 0 Å². The van der Waals surface area contributed by atoms with Crippen LogP contribution in [0.4, 0.5) is 4.79 Å². The number of carbonyl (C=O) groups excluding carboxylic acids is 4. The third-order valence-electron chi connectivity index (χ3n) is 10.0. The number of likely N-dealkylation sites (tertiary alicyclic amines) is 1. The molecular formula is C34H45N5O9S. The molecule has 6 rings (SSSR count). The van der Waals surface area contributed by atoms with Crippen molar-refractivity contribution in [3.63, 3.8) is 0 Å². The second-order valence-corrected chi connectivity index (χ2v) is 16.8. The summed E-state index contributed by atoms with van der Waals surface area (Å²) >= 11 is 0. The summed E-state index contributed by atoms with van der Waals surface area (Å²) in [6.07, 6.45) is 3.77. The fourth-order valence-electron chi connectivity index (χ4n) is 6.44. The van der Waals surface area contributed by atoms with E-state index in [0.29, 0.717) is 29.9 Å². The fraction of sp³-hybridized carbons (Fsp3) is 0.618. The first-order valence-electron chi connectivity index (χ1n) is 16.9. The molecule has 4 aliphatic rings. The van der Waals surface area contributed by atoms with Crippen LogP contribution in [0.25, 0.3) is 10.8 Å². The number of alkyl carbamates (subject to hydrolysis) is 1. The van der Waals surface area contributed by atoms with Gasteiger partial charge >= 0.3 is 6.09 Å². The van der Waals surface area contributed by atoms with E-state index in [-0.39, 0.29) is 31.4 Å². The van der Waals surface area contributed by atoms with E-state index in [1.165, 1.54) is 4.90 Å². The van der Waals surface area contributed by atoms with Gasteiger partial charge in [-0.25, -0.2) is 18.2 Å². The van der Waals surface area contributed by atoms with Gasteiger partial charge in [0.15, 0.2) is 0 Å². The van der Waals surface area contributed by atoms with Gasteiger partial charge in [-0.2, -0.15) is 0 Å². The van der Waals surface area contributed by atoms with Gasteiger partial charge in [0, 0.05) is 18.0 Å². The third-order valence-corrected chi connectivity index (χ3v) is 11.8. The monoisotopic (exact) mass is 699 g/mol. The van der Waals surface area contributed by atoms with E-state index in [1.807, 2.05) is 18.2 Å². The minimum Gasteiger partial charge on any atom is -0.497 e. The highest BCUT2D eigenvalue weighted by Crippen LogP contribution is 2.44. The van der Waals surface area contributed by atoms with Crippen molar-refractivity contribution in [1.29, 1.82) is 0 Å². The highest BCUT2D eigenvalue weighted by molar-refractivity contribution is 7.91. The maximum absolute atomic E-state index is 14.4. The van der Waals surface area contributed by atoms with Crippen molar-refractivity contribution in [1.82, 2.24) is 25.2 Å². The van der Waals surface area contributed by atoms with Crippen LogP contribution < -0.4 is 24.8 Å². The molecule has 4 amide bonds. The molecule has 2 heterocycles. The number of pyridine rings is 1.